The number of carboxylic acid groups (broad SMARTS) is 1. The fourth-order valence-electron chi connectivity index (χ4n) is 1.96. The number of carboxylic acids is 1. The van der Waals surface area contributed by atoms with Crippen LogP contribution in [0, 0.1) is 0 Å². The van der Waals surface area contributed by atoms with Gasteiger partial charge >= 0.3 is 5.97 Å². The molecule has 0 unspecified atom stereocenters. The van der Waals surface area contributed by atoms with Crippen LogP contribution in [-0.4, -0.2) is 29.1 Å². The molecule has 1 aromatic rings. The van der Waals surface area contributed by atoms with Crippen molar-refractivity contribution in [1.29, 1.82) is 0 Å². The Morgan fingerprint density at radius 1 is 1.41 bits per heavy atom. The molecular weight excluding hydrogens is 238 g/mol. The monoisotopic (exact) mass is 251 g/mol. The van der Waals surface area contributed by atoms with Gasteiger partial charge in [-0.05, 0) is 18.1 Å². The zero-order valence-electron chi connectivity index (χ0n) is 9.40. The van der Waals surface area contributed by atoms with Crippen LogP contribution in [0.5, 0.6) is 0 Å². The summed E-state index contributed by atoms with van der Waals surface area (Å²) in [4.78, 5) is 13.0. The smallest absolute Gasteiger partial charge is 0.332 e. The first-order valence-electron chi connectivity index (χ1n) is 5.55. The summed E-state index contributed by atoms with van der Waals surface area (Å²) in [6, 6.07) is 7.67. The largest absolute Gasteiger partial charge is 0.478 e. The van der Waals surface area contributed by atoms with Crippen LogP contribution in [0.4, 0.5) is 0 Å². The molecular formula is C13H14ClNO2. The Balaban J connectivity index is 2.04. The Hall–Kier alpha value is -1.32. The highest BCUT2D eigenvalue weighted by Crippen LogP contribution is 2.19. The highest BCUT2D eigenvalue weighted by Gasteiger charge is 2.17. The maximum atomic E-state index is 10.9. The molecule has 0 aliphatic carbocycles. The zero-order valence-corrected chi connectivity index (χ0v) is 10.2. The van der Waals surface area contributed by atoms with Gasteiger partial charge in [-0.25, -0.2) is 4.79 Å². The van der Waals surface area contributed by atoms with Gasteiger partial charge in [0.15, 0.2) is 0 Å². The van der Waals surface area contributed by atoms with Gasteiger partial charge in [0.05, 0.1) is 0 Å². The molecule has 90 valence electrons. The summed E-state index contributed by atoms with van der Waals surface area (Å²) in [5.74, 6) is -0.825. The van der Waals surface area contributed by atoms with Crippen LogP contribution in [0.1, 0.15) is 12.0 Å². The molecule has 0 bridgehead atoms. The predicted octanol–water partition coefficient (Wildman–Crippen LogP) is 2.56. The number of benzene rings is 1. The second kappa shape index (κ2) is 5.34. The van der Waals surface area contributed by atoms with Gasteiger partial charge in [-0.15, -0.1) is 0 Å². The number of hydrogen-bond donors (Lipinski definition) is 1. The van der Waals surface area contributed by atoms with Crippen molar-refractivity contribution in [3.8, 4) is 0 Å². The summed E-state index contributed by atoms with van der Waals surface area (Å²) in [6.07, 6.45) is 2.58. The van der Waals surface area contributed by atoms with E-state index in [9.17, 15) is 4.79 Å². The lowest BCUT2D eigenvalue weighted by molar-refractivity contribution is -0.133. The molecule has 1 aliphatic rings. The molecule has 0 amide bonds. The normalized spacial score (nSPS) is 16.6. The van der Waals surface area contributed by atoms with Crippen molar-refractivity contribution in [2.45, 2.75) is 13.0 Å². The van der Waals surface area contributed by atoms with E-state index in [-0.39, 0.29) is 0 Å². The first kappa shape index (κ1) is 12.1. The van der Waals surface area contributed by atoms with E-state index in [2.05, 4.69) is 4.90 Å². The van der Waals surface area contributed by atoms with Crippen molar-refractivity contribution in [1.82, 2.24) is 4.90 Å². The van der Waals surface area contributed by atoms with Crippen molar-refractivity contribution in [2.24, 2.45) is 0 Å². The maximum absolute atomic E-state index is 10.9. The zero-order chi connectivity index (χ0) is 12.3. The van der Waals surface area contributed by atoms with Gasteiger partial charge in [0.2, 0.25) is 0 Å². The highest BCUT2D eigenvalue weighted by atomic mass is 35.5. The van der Waals surface area contributed by atoms with Crippen LogP contribution in [0.25, 0.3) is 0 Å². The number of nitrogens with zero attached hydrogens (tertiary/aromatic N) is 1. The summed E-state index contributed by atoms with van der Waals surface area (Å²) in [5.41, 5.74) is 1.52. The van der Waals surface area contributed by atoms with Crippen molar-refractivity contribution in [3.63, 3.8) is 0 Å². The molecule has 0 fully saturated rings. The standard InChI is InChI=1S/C13H14ClNO2/c14-12-6-2-1-4-10(12)8-15-7-3-5-11(9-15)13(16)17/h1-2,4-6H,3,7-9H2,(H,16,17). The van der Waals surface area contributed by atoms with Crippen molar-refractivity contribution < 1.29 is 9.90 Å². The van der Waals surface area contributed by atoms with E-state index in [1.807, 2.05) is 24.3 Å². The van der Waals surface area contributed by atoms with E-state index >= 15 is 0 Å². The van der Waals surface area contributed by atoms with Crippen molar-refractivity contribution in [3.05, 3.63) is 46.5 Å². The molecule has 0 atom stereocenters. The molecule has 17 heavy (non-hydrogen) atoms. The van der Waals surface area contributed by atoms with Crippen LogP contribution < -0.4 is 0 Å². The third-order valence-electron chi connectivity index (χ3n) is 2.86. The molecule has 0 saturated heterocycles. The maximum Gasteiger partial charge on any atom is 0.332 e. The molecule has 1 aromatic carbocycles. The molecule has 0 spiro atoms. The third kappa shape index (κ3) is 3.08. The Kier molecular flexibility index (Phi) is 3.82. The van der Waals surface area contributed by atoms with Gasteiger partial charge < -0.3 is 5.11 Å². The van der Waals surface area contributed by atoms with E-state index in [0.29, 0.717) is 18.7 Å². The summed E-state index contributed by atoms with van der Waals surface area (Å²) >= 11 is 6.08. The van der Waals surface area contributed by atoms with Crippen LogP contribution >= 0.6 is 11.6 Å². The Bertz CT molecular complexity index is 456. The third-order valence-corrected chi connectivity index (χ3v) is 3.23. The molecule has 4 heteroatoms. The van der Waals surface area contributed by atoms with Gasteiger partial charge in [0.1, 0.15) is 0 Å². The van der Waals surface area contributed by atoms with E-state index in [1.165, 1.54) is 0 Å². The van der Waals surface area contributed by atoms with E-state index in [4.69, 9.17) is 16.7 Å². The van der Waals surface area contributed by atoms with E-state index in [1.54, 1.807) is 6.08 Å². The second-order valence-corrected chi connectivity index (χ2v) is 4.53. The Morgan fingerprint density at radius 2 is 2.18 bits per heavy atom. The fourth-order valence-corrected chi connectivity index (χ4v) is 2.16. The fraction of sp³-hybridized carbons (Fsp3) is 0.308. The summed E-state index contributed by atoms with van der Waals surface area (Å²) < 4.78 is 0. The SMILES string of the molecule is O=C(O)C1=CCCN(Cc2ccccc2Cl)C1. The number of hydrogen-bond acceptors (Lipinski definition) is 2. The first-order valence-corrected chi connectivity index (χ1v) is 5.92. The second-order valence-electron chi connectivity index (χ2n) is 4.13. The average Bonchev–Trinajstić information content (AvgIpc) is 2.32. The van der Waals surface area contributed by atoms with Gasteiger partial charge in [0, 0.05) is 30.2 Å². The average molecular weight is 252 g/mol. The number of halogens is 1. The number of rotatable bonds is 3. The summed E-state index contributed by atoms with van der Waals surface area (Å²) in [6.45, 7) is 2.06. The molecule has 1 N–H and O–H groups in total. The lowest BCUT2D eigenvalue weighted by atomic mass is 10.1. The molecule has 1 heterocycles. The predicted molar refractivity (Wildman–Crippen MR) is 67.1 cm³/mol. The van der Waals surface area contributed by atoms with Gasteiger partial charge in [0.25, 0.3) is 0 Å². The van der Waals surface area contributed by atoms with Gasteiger partial charge in [-0.1, -0.05) is 35.9 Å². The minimum absolute atomic E-state index is 0.475. The number of aliphatic carboxylic acids is 1. The topological polar surface area (TPSA) is 40.5 Å². The minimum atomic E-state index is -0.825. The molecule has 3 nitrogen and oxygen atoms in total. The van der Waals surface area contributed by atoms with Crippen molar-refractivity contribution >= 4 is 17.6 Å². The Morgan fingerprint density at radius 3 is 2.88 bits per heavy atom. The van der Waals surface area contributed by atoms with Crippen LogP contribution in [-0.2, 0) is 11.3 Å². The van der Waals surface area contributed by atoms with Crippen LogP contribution in [0.15, 0.2) is 35.9 Å². The molecule has 2 rings (SSSR count). The van der Waals surface area contributed by atoms with E-state index in [0.717, 1.165) is 23.6 Å². The lowest BCUT2D eigenvalue weighted by Crippen LogP contribution is -2.31. The number of carbonyl (C=O) groups is 1. The van der Waals surface area contributed by atoms with Crippen LogP contribution in [0.2, 0.25) is 5.02 Å². The summed E-state index contributed by atoms with van der Waals surface area (Å²) in [5, 5.41) is 9.69. The Labute approximate surface area is 105 Å². The highest BCUT2D eigenvalue weighted by molar-refractivity contribution is 6.31. The van der Waals surface area contributed by atoms with E-state index < -0.39 is 5.97 Å². The van der Waals surface area contributed by atoms with Crippen molar-refractivity contribution in [2.75, 3.05) is 13.1 Å². The lowest BCUT2D eigenvalue weighted by Gasteiger charge is -2.26. The minimum Gasteiger partial charge on any atom is -0.478 e. The molecule has 1 aliphatic heterocycles. The van der Waals surface area contributed by atoms with Crippen LogP contribution in [0.3, 0.4) is 0 Å². The quantitative estimate of drug-likeness (QED) is 0.898. The first-order chi connectivity index (χ1) is 8.16. The van der Waals surface area contributed by atoms with Gasteiger partial charge in [-0.3, -0.25) is 4.90 Å². The molecule has 0 aromatic heterocycles. The molecule has 0 saturated carbocycles. The van der Waals surface area contributed by atoms with Gasteiger partial charge in [-0.2, -0.15) is 0 Å². The summed E-state index contributed by atoms with van der Waals surface area (Å²) in [7, 11) is 0. The molecule has 0 radical (unpaired) electrons.